The molecule has 0 amide bonds. The Morgan fingerprint density at radius 3 is 2.39 bits per heavy atom. The predicted octanol–water partition coefficient (Wildman–Crippen LogP) is 1.65. The largest absolute Gasteiger partial charge is 0.468 e. The number of methoxy groups -OCH3 is 1. The summed E-state index contributed by atoms with van der Waals surface area (Å²) in [7, 11) is -3.66. The van der Waals surface area contributed by atoms with Gasteiger partial charge in [0.15, 0.2) is 12.2 Å². The van der Waals surface area contributed by atoms with E-state index in [0.717, 1.165) is 7.11 Å². The molecule has 0 aromatic carbocycles. The Balaban J connectivity index is 2.10. The van der Waals surface area contributed by atoms with Crippen LogP contribution in [0.4, 0.5) is 5.69 Å². The number of nitrogens with two attached hydrogens (primary N) is 1. The van der Waals surface area contributed by atoms with Crippen LogP contribution in [0.2, 0.25) is 0 Å². The second-order valence-corrected chi connectivity index (χ2v) is 11.7. The fourth-order valence-electron chi connectivity index (χ4n) is 4.04. The lowest BCUT2D eigenvalue weighted by Crippen LogP contribution is -2.50. The number of carbonyl (C=O) groups is 3. The summed E-state index contributed by atoms with van der Waals surface area (Å²) in [4.78, 5) is 47.7. The van der Waals surface area contributed by atoms with Crippen molar-refractivity contribution in [2.75, 3.05) is 19.5 Å². The van der Waals surface area contributed by atoms with Gasteiger partial charge in [-0.05, 0) is 25.1 Å². The standard InChI is InChI=1S/C25H34N5O10P/c1-13(2)22(31)38-20-19(18-8-7-17-16(27)9-10-28-30(17)18)40-25(11-26,21(20)39-23(32)14(3)4)12-37-41(34,35)29-15(5)24(33)36-6/h7-10,13-15,19-21H,12,27H2,1-6H3,(H2,29,34,35)/t15-,19-,20-,21-,25+/m0/s1. The molecule has 3 rings (SSSR count). The first-order valence-corrected chi connectivity index (χ1v) is 14.3. The minimum absolute atomic E-state index is 0.293. The van der Waals surface area contributed by atoms with Crippen LogP contribution in [0.3, 0.4) is 0 Å². The number of aromatic nitrogens is 2. The van der Waals surface area contributed by atoms with E-state index in [-0.39, 0.29) is 0 Å². The van der Waals surface area contributed by atoms with Gasteiger partial charge in [0.05, 0.1) is 35.8 Å². The molecule has 4 N–H and O–H groups in total. The van der Waals surface area contributed by atoms with Crippen molar-refractivity contribution < 1.29 is 47.3 Å². The van der Waals surface area contributed by atoms with Crippen LogP contribution in [0.25, 0.3) is 5.52 Å². The highest BCUT2D eigenvalue weighted by Crippen LogP contribution is 2.47. The van der Waals surface area contributed by atoms with Crippen LogP contribution in [0.1, 0.15) is 46.4 Å². The Hall–Kier alpha value is -3.54. The summed E-state index contributed by atoms with van der Waals surface area (Å²) in [6.45, 7) is 6.64. The molecule has 0 aliphatic carbocycles. The summed E-state index contributed by atoms with van der Waals surface area (Å²) in [6.07, 6.45) is -2.84. The molecular formula is C25H34N5O10P. The number of nitrogens with zero attached hydrogens (tertiary/aromatic N) is 3. The Labute approximate surface area is 236 Å². The van der Waals surface area contributed by atoms with Crippen LogP contribution in [0, 0.1) is 23.2 Å². The normalized spacial score (nSPS) is 24.5. The van der Waals surface area contributed by atoms with E-state index in [1.807, 2.05) is 6.07 Å². The number of nitrogen functional groups attached to an aromatic ring is 1. The molecule has 15 nitrogen and oxygen atoms in total. The molecule has 6 atom stereocenters. The molecular weight excluding hydrogens is 561 g/mol. The Morgan fingerprint density at radius 1 is 1.17 bits per heavy atom. The summed E-state index contributed by atoms with van der Waals surface area (Å²) in [5.41, 5.74) is 4.97. The molecule has 224 valence electrons. The Morgan fingerprint density at radius 2 is 1.80 bits per heavy atom. The molecule has 0 spiro atoms. The van der Waals surface area contributed by atoms with Gasteiger partial charge in [0.25, 0.3) is 0 Å². The molecule has 0 radical (unpaired) electrons. The van der Waals surface area contributed by atoms with Crippen molar-refractivity contribution in [1.82, 2.24) is 14.7 Å². The summed E-state index contributed by atoms with van der Waals surface area (Å²) in [5, 5.41) is 16.8. The van der Waals surface area contributed by atoms with E-state index in [0.29, 0.717) is 16.9 Å². The zero-order chi connectivity index (χ0) is 30.7. The lowest BCUT2D eigenvalue weighted by atomic mass is 9.95. The first-order chi connectivity index (χ1) is 19.2. The lowest BCUT2D eigenvalue weighted by Gasteiger charge is -2.30. The van der Waals surface area contributed by atoms with Crippen LogP contribution in [0.15, 0.2) is 24.4 Å². The number of fused-ring (bicyclic) bond motifs is 1. The topological polar surface area (TPSA) is 214 Å². The molecule has 1 fully saturated rings. The van der Waals surface area contributed by atoms with E-state index < -0.39 is 74.1 Å². The maximum Gasteiger partial charge on any atom is 0.403 e. The number of rotatable bonds is 11. The van der Waals surface area contributed by atoms with E-state index in [9.17, 15) is 29.1 Å². The lowest BCUT2D eigenvalue weighted by molar-refractivity contribution is -0.173. The van der Waals surface area contributed by atoms with Gasteiger partial charge < -0.3 is 29.6 Å². The van der Waals surface area contributed by atoms with Crippen LogP contribution < -0.4 is 10.8 Å². The molecule has 2 aromatic heterocycles. The highest BCUT2D eigenvalue weighted by atomic mass is 31.2. The van der Waals surface area contributed by atoms with Crippen molar-refractivity contribution in [2.24, 2.45) is 11.8 Å². The molecule has 2 aromatic rings. The first kappa shape index (κ1) is 32.0. The van der Waals surface area contributed by atoms with E-state index >= 15 is 0 Å². The van der Waals surface area contributed by atoms with Crippen molar-refractivity contribution in [2.45, 2.75) is 64.6 Å². The quantitative estimate of drug-likeness (QED) is 0.191. The van der Waals surface area contributed by atoms with E-state index in [4.69, 9.17) is 24.5 Å². The molecule has 3 heterocycles. The number of nitriles is 1. The zero-order valence-corrected chi connectivity index (χ0v) is 24.4. The molecule has 1 aliphatic heterocycles. The van der Waals surface area contributed by atoms with Gasteiger partial charge in [0.1, 0.15) is 24.8 Å². The molecule has 16 heteroatoms. The molecule has 1 aliphatic rings. The van der Waals surface area contributed by atoms with Crippen LogP contribution in [0.5, 0.6) is 0 Å². The summed E-state index contributed by atoms with van der Waals surface area (Å²) < 4.78 is 41.5. The SMILES string of the molecule is COC(=O)[C@H](C)NP(=O)(O)OC[C@@]1(C#N)O[C@@H](c2ccc3c(N)ccnn23)[C@H](OC(=O)C(C)C)[C@@H]1OC(=O)C(C)C. The summed E-state index contributed by atoms with van der Waals surface area (Å²) >= 11 is 0. The minimum Gasteiger partial charge on any atom is -0.468 e. The van der Waals surface area contributed by atoms with Gasteiger partial charge in [-0.2, -0.15) is 10.4 Å². The van der Waals surface area contributed by atoms with Gasteiger partial charge in [-0.3, -0.25) is 18.9 Å². The zero-order valence-electron chi connectivity index (χ0n) is 23.5. The Kier molecular flexibility index (Phi) is 9.78. The van der Waals surface area contributed by atoms with Gasteiger partial charge in [0.2, 0.25) is 5.60 Å². The average molecular weight is 596 g/mol. The Bertz CT molecular complexity index is 1390. The highest BCUT2D eigenvalue weighted by Gasteiger charge is 2.62. The predicted molar refractivity (Wildman–Crippen MR) is 142 cm³/mol. The summed E-state index contributed by atoms with van der Waals surface area (Å²) in [5.74, 6) is -3.54. The van der Waals surface area contributed by atoms with Crippen molar-refractivity contribution in [3.05, 3.63) is 30.1 Å². The van der Waals surface area contributed by atoms with Crippen LogP contribution in [-0.2, 0) is 42.4 Å². The molecule has 0 bridgehead atoms. The molecule has 41 heavy (non-hydrogen) atoms. The molecule has 0 saturated carbocycles. The minimum atomic E-state index is -4.76. The van der Waals surface area contributed by atoms with Crippen molar-refractivity contribution in [3.63, 3.8) is 0 Å². The number of nitrogens with one attached hydrogen (secondary N) is 1. The number of esters is 3. The van der Waals surface area contributed by atoms with Gasteiger partial charge in [0, 0.05) is 6.20 Å². The van der Waals surface area contributed by atoms with Gasteiger partial charge in [-0.15, -0.1) is 0 Å². The van der Waals surface area contributed by atoms with Crippen LogP contribution >= 0.6 is 7.75 Å². The van der Waals surface area contributed by atoms with Crippen molar-refractivity contribution in [1.29, 1.82) is 5.26 Å². The van der Waals surface area contributed by atoms with Gasteiger partial charge >= 0.3 is 25.7 Å². The highest BCUT2D eigenvalue weighted by molar-refractivity contribution is 7.50. The van der Waals surface area contributed by atoms with Crippen molar-refractivity contribution >= 4 is 36.9 Å². The maximum absolute atomic E-state index is 12.8. The molecule has 1 saturated heterocycles. The van der Waals surface area contributed by atoms with E-state index in [1.165, 1.54) is 17.6 Å². The van der Waals surface area contributed by atoms with E-state index in [2.05, 4.69) is 14.9 Å². The second-order valence-electron chi connectivity index (χ2n) is 10.1. The first-order valence-electron chi connectivity index (χ1n) is 12.7. The van der Waals surface area contributed by atoms with Gasteiger partial charge in [-0.25, -0.2) is 14.2 Å². The second kappa shape index (κ2) is 12.5. The number of ether oxygens (including phenoxy) is 4. The van der Waals surface area contributed by atoms with Crippen molar-refractivity contribution in [3.8, 4) is 6.07 Å². The molecule has 1 unspecified atom stereocenters. The third-order valence-corrected chi connectivity index (χ3v) is 7.49. The number of anilines is 1. The smallest absolute Gasteiger partial charge is 0.403 e. The van der Waals surface area contributed by atoms with Gasteiger partial charge in [-0.1, -0.05) is 27.7 Å². The van der Waals surface area contributed by atoms with Crippen LogP contribution in [-0.4, -0.2) is 70.0 Å². The third kappa shape index (κ3) is 6.86. The maximum atomic E-state index is 12.8. The summed E-state index contributed by atoms with van der Waals surface area (Å²) in [6, 6.07) is 5.45. The monoisotopic (exact) mass is 595 g/mol. The fraction of sp³-hybridized carbons (Fsp3) is 0.560. The number of hydrogen-bond donors (Lipinski definition) is 3. The average Bonchev–Trinajstić information content (AvgIpc) is 3.47. The van der Waals surface area contributed by atoms with E-state index in [1.54, 1.807) is 45.9 Å². The third-order valence-electron chi connectivity index (χ3n) is 6.29. The fourth-order valence-corrected chi connectivity index (χ4v) is 5.07. The number of carbonyl (C=O) groups excluding carboxylic acids is 3. The number of hydrogen-bond acceptors (Lipinski definition) is 12.